The molecular weight excluding hydrogens is 1310 g/mol. The Morgan fingerprint density at radius 1 is 0.240 bits per heavy atom. The van der Waals surface area contributed by atoms with Crippen molar-refractivity contribution in [3.05, 3.63) is 0 Å². The molecular formula is C81H158O17P2. The van der Waals surface area contributed by atoms with E-state index in [2.05, 4.69) is 27.7 Å². The molecule has 0 amide bonds. The number of ether oxygens (including phenoxy) is 4. The van der Waals surface area contributed by atoms with Gasteiger partial charge in [-0.2, -0.15) is 0 Å². The summed E-state index contributed by atoms with van der Waals surface area (Å²) >= 11 is 0. The van der Waals surface area contributed by atoms with Crippen molar-refractivity contribution in [3.8, 4) is 0 Å². The highest BCUT2D eigenvalue weighted by Gasteiger charge is 2.30. The molecule has 0 radical (unpaired) electrons. The zero-order valence-electron chi connectivity index (χ0n) is 65.2. The van der Waals surface area contributed by atoms with Gasteiger partial charge in [0.2, 0.25) is 0 Å². The molecule has 0 rings (SSSR count). The van der Waals surface area contributed by atoms with Gasteiger partial charge < -0.3 is 33.8 Å². The number of hydrogen-bond acceptors (Lipinski definition) is 15. The molecule has 0 aromatic rings. The molecule has 0 bridgehead atoms. The molecule has 19 heteroatoms. The Bertz CT molecular complexity index is 1890. The molecule has 0 fully saturated rings. The van der Waals surface area contributed by atoms with E-state index >= 15 is 0 Å². The van der Waals surface area contributed by atoms with Gasteiger partial charge in [0.1, 0.15) is 19.3 Å². The molecule has 0 aliphatic rings. The maximum Gasteiger partial charge on any atom is 0.472 e. The van der Waals surface area contributed by atoms with Crippen LogP contribution in [0.25, 0.3) is 0 Å². The van der Waals surface area contributed by atoms with Crippen molar-refractivity contribution in [3.63, 3.8) is 0 Å². The number of unbranched alkanes of at least 4 members (excludes halogenated alkanes) is 56. The van der Waals surface area contributed by atoms with Crippen molar-refractivity contribution in [2.45, 2.75) is 457 Å². The summed E-state index contributed by atoms with van der Waals surface area (Å²) in [5.41, 5.74) is 0. The predicted molar refractivity (Wildman–Crippen MR) is 409 cm³/mol. The molecule has 594 valence electrons. The largest absolute Gasteiger partial charge is 0.472 e. The number of carbonyl (C=O) groups excluding carboxylic acids is 4. The van der Waals surface area contributed by atoms with Gasteiger partial charge in [0, 0.05) is 25.7 Å². The fourth-order valence-electron chi connectivity index (χ4n) is 12.6. The number of phosphoric acid groups is 2. The van der Waals surface area contributed by atoms with Gasteiger partial charge in [-0.3, -0.25) is 37.3 Å². The molecule has 0 saturated carbocycles. The summed E-state index contributed by atoms with van der Waals surface area (Å²) in [4.78, 5) is 72.8. The molecule has 0 aliphatic carbocycles. The number of carbonyl (C=O) groups is 4. The Balaban J connectivity index is 5.13. The highest BCUT2D eigenvalue weighted by molar-refractivity contribution is 7.47. The number of hydrogen-bond donors (Lipinski definition) is 3. The lowest BCUT2D eigenvalue weighted by molar-refractivity contribution is -0.161. The number of phosphoric ester groups is 2. The first-order chi connectivity index (χ1) is 48.7. The Morgan fingerprint density at radius 2 is 0.400 bits per heavy atom. The second-order valence-corrected chi connectivity index (χ2v) is 32.1. The fourth-order valence-corrected chi connectivity index (χ4v) is 14.2. The third-order valence-corrected chi connectivity index (χ3v) is 21.0. The molecule has 0 heterocycles. The van der Waals surface area contributed by atoms with Gasteiger partial charge in [-0.05, 0) is 25.7 Å². The fraction of sp³-hybridized carbons (Fsp3) is 0.951. The van der Waals surface area contributed by atoms with Crippen molar-refractivity contribution in [2.24, 2.45) is 0 Å². The zero-order valence-corrected chi connectivity index (χ0v) is 67.0. The van der Waals surface area contributed by atoms with Crippen LogP contribution in [0.5, 0.6) is 0 Å². The Kier molecular flexibility index (Phi) is 73.8. The molecule has 0 aliphatic heterocycles. The van der Waals surface area contributed by atoms with E-state index in [1.165, 1.54) is 257 Å². The van der Waals surface area contributed by atoms with Crippen LogP contribution in [0.15, 0.2) is 0 Å². The van der Waals surface area contributed by atoms with Crippen LogP contribution in [0.2, 0.25) is 0 Å². The molecule has 5 atom stereocenters. The number of esters is 4. The van der Waals surface area contributed by atoms with E-state index in [9.17, 15) is 43.2 Å². The predicted octanol–water partition coefficient (Wildman–Crippen LogP) is 24.6. The van der Waals surface area contributed by atoms with Crippen molar-refractivity contribution in [1.29, 1.82) is 0 Å². The van der Waals surface area contributed by atoms with Crippen LogP contribution in [-0.4, -0.2) is 96.7 Å². The molecule has 0 aromatic heterocycles. The minimum atomic E-state index is -4.96. The van der Waals surface area contributed by atoms with Gasteiger partial charge in [0.25, 0.3) is 0 Å². The summed E-state index contributed by atoms with van der Waals surface area (Å²) in [5, 5.41) is 10.6. The highest BCUT2D eigenvalue weighted by atomic mass is 31.2. The summed E-state index contributed by atoms with van der Waals surface area (Å²) in [6.45, 7) is 4.97. The minimum absolute atomic E-state index is 0.107. The minimum Gasteiger partial charge on any atom is -0.462 e. The van der Waals surface area contributed by atoms with Crippen LogP contribution in [0.4, 0.5) is 0 Å². The summed E-state index contributed by atoms with van der Waals surface area (Å²) in [6, 6.07) is 0. The van der Waals surface area contributed by atoms with E-state index in [4.69, 9.17) is 37.0 Å². The van der Waals surface area contributed by atoms with Crippen molar-refractivity contribution < 1.29 is 80.2 Å². The Morgan fingerprint density at radius 3 is 0.590 bits per heavy atom. The van der Waals surface area contributed by atoms with Gasteiger partial charge in [0.05, 0.1) is 26.4 Å². The van der Waals surface area contributed by atoms with Gasteiger partial charge in [-0.1, -0.05) is 387 Å². The molecule has 17 nitrogen and oxygen atoms in total. The molecule has 0 aromatic carbocycles. The zero-order chi connectivity index (χ0) is 73.2. The van der Waals surface area contributed by atoms with Crippen LogP contribution in [-0.2, 0) is 65.4 Å². The second-order valence-electron chi connectivity index (χ2n) is 29.2. The number of aliphatic hydroxyl groups is 1. The maximum absolute atomic E-state index is 13.1. The summed E-state index contributed by atoms with van der Waals surface area (Å²) in [6.07, 6.45) is 68.4. The summed E-state index contributed by atoms with van der Waals surface area (Å²) < 4.78 is 68.5. The normalized spacial score (nSPS) is 13.8. The highest BCUT2D eigenvalue weighted by Crippen LogP contribution is 2.45. The van der Waals surface area contributed by atoms with E-state index in [0.717, 1.165) is 103 Å². The lowest BCUT2D eigenvalue weighted by atomic mass is 10.0. The van der Waals surface area contributed by atoms with E-state index in [1.54, 1.807) is 0 Å². The number of aliphatic hydroxyl groups excluding tert-OH is 1. The average Bonchev–Trinajstić information content (AvgIpc) is 1.73. The van der Waals surface area contributed by atoms with E-state index in [-0.39, 0.29) is 25.7 Å². The lowest BCUT2D eigenvalue weighted by Gasteiger charge is -2.21. The van der Waals surface area contributed by atoms with E-state index < -0.39 is 97.5 Å². The standard InChI is InChI=1S/C81H158O17P2/c1-5-9-13-17-21-24-27-29-31-33-35-37-38-40-42-44-46-49-52-56-60-64-68-81(86)98-77(72-92-79(84)66-62-58-54-50-48-45-43-41-39-36-34-32-30-28-25-22-18-14-10-6-2)74-96-100(89,90)94-70-75(82)69-93-99(87,88)95-73-76(71-91-78(83)65-61-57-53-20-16-12-8-4)97-80(85)67-63-59-55-51-47-26-23-19-15-11-7-3/h75-77,82H,5-74H2,1-4H3,(H,87,88)(H,89,90)/t75-,76+,77+/m0/s1. The van der Waals surface area contributed by atoms with Crippen LogP contribution < -0.4 is 0 Å². The molecule has 3 N–H and O–H groups in total. The third-order valence-electron chi connectivity index (χ3n) is 19.1. The van der Waals surface area contributed by atoms with Crippen molar-refractivity contribution in [1.82, 2.24) is 0 Å². The van der Waals surface area contributed by atoms with Crippen LogP contribution in [0.3, 0.4) is 0 Å². The molecule has 0 saturated heterocycles. The van der Waals surface area contributed by atoms with Crippen LogP contribution >= 0.6 is 15.6 Å². The van der Waals surface area contributed by atoms with E-state index in [0.29, 0.717) is 25.7 Å². The smallest absolute Gasteiger partial charge is 0.462 e. The Labute approximate surface area is 613 Å². The topological polar surface area (TPSA) is 237 Å². The third kappa shape index (κ3) is 74.3. The number of rotatable bonds is 82. The maximum atomic E-state index is 13.1. The van der Waals surface area contributed by atoms with Gasteiger partial charge in [-0.25, -0.2) is 9.13 Å². The molecule has 2 unspecified atom stereocenters. The average molecular weight is 1470 g/mol. The second kappa shape index (κ2) is 75.3. The Hall–Kier alpha value is -1.94. The van der Waals surface area contributed by atoms with Crippen LogP contribution in [0, 0.1) is 0 Å². The molecule has 100 heavy (non-hydrogen) atoms. The van der Waals surface area contributed by atoms with Crippen LogP contribution in [0.1, 0.15) is 439 Å². The SMILES string of the molecule is CCCCCCCCCCCCCCCCCCCCCCCCC(=O)O[C@H](COC(=O)CCCCCCCCCCCCCCCCCCCCCC)COP(=O)(O)OC[C@@H](O)COP(=O)(O)OC[C@@H](COC(=O)CCCCCCCCC)OC(=O)CCCCCCCCCCCCC. The van der Waals surface area contributed by atoms with Gasteiger partial charge in [0.15, 0.2) is 12.2 Å². The van der Waals surface area contributed by atoms with Gasteiger partial charge in [-0.15, -0.1) is 0 Å². The first-order valence-corrected chi connectivity index (χ1v) is 45.3. The van der Waals surface area contributed by atoms with Crippen molar-refractivity contribution in [2.75, 3.05) is 39.6 Å². The summed E-state index contributed by atoms with van der Waals surface area (Å²) in [7, 11) is -9.91. The van der Waals surface area contributed by atoms with E-state index in [1.807, 2.05) is 0 Å². The lowest BCUT2D eigenvalue weighted by Crippen LogP contribution is -2.30. The first-order valence-electron chi connectivity index (χ1n) is 42.3. The summed E-state index contributed by atoms with van der Waals surface area (Å²) in [5.74, 6) is -2.11. The monoisotopic (exact) mass is 1470 g/mol. The molecule has 0 spiro atoms. The van der Waals surface area contributed by atoms with Gasteiger partial charge >= 0.3 is 39.5 Å². The first kappa shape index (κ1) is 98.1. The van der Waals surface area contributed by atoms with Crippen molar-refractivity contribution >= 4 is 39.5 Å². The quantitative estimate of drug-likeness (QED) is 0.0222.